The summed E-state index contributed by atoms with van der Waals surface area (Å²) in [5.74, 6) is 0.230. The van der Waals surface area contributed by atoms with Crippen LogP contribution in [0.1, 0.15) is 45.7 Å². The number of hydrogen-bond donors (Lipinski definition) is 2. The first kappa shape index (κ1) is 24.9. The number of carbonyl (C=O) groups is 1. The molecule has 0 bridgehead atoms. The topological polar surface area (TPSA) is 66.4 Å². The molecule has 0 saturated heterocycles. The van der Waals surface area contributed by atoms with Gasteiger partial charge >= 0.3 is 6.18 Å². The molecule has 0 unspecified atom stereocenters. The smallest absolute Gasteiger partial charge is 0.353 e. The second kappa shape index (κ2) is 11.7. The molecule has 2 rings (SSSR count). The van der Waals surface area contributed by atoms with E-state index < -0.39 is 11.7 Å². The number of anilines is 1. The van der Waals surface area contributed by atoms with Gasteiger partial charge in [0.2, 0.25) is 5.91 Å². The number of pyridine rings is 1. The Bertz CT molecular complexity index is 891. The fraction of sp³-hybridized carbons (Fsp3) is 0.318. The summed E-state index contributed by atoms with van der Waals surface area (Å²) >= 11 is 0. The largest absolute Gasteiger partial charge is 0.416 e. The lowest BCUT2D eigenvalue weighted by Gasteiger charge is -2.13. The number of carbonyl (C=O) groups excluding carboxylic acids is 1. The Hall–Kier alpha value is -3.16. The molecule has 0 saturated carbocycles. The molecule has 0 aliphatic heterocycles. The van der Waals surface area contributed by atoms with Gasteiger partial charge in [-0.2, -0.15) is 13.2 Å². The molecule has 30 heavy (non-hydrogen) atoms. The Morgan fingerprint density at radius 3 is 2.37 bits per heavy atom. The van der Waals surface area contributed by atoms with Crippen molar-refractivity contribution in [1.29, 1.82) is 0 Å². The number of halogens is 3. The molecule has 2 aromatic rings. The molecule has 1 heterocycles. The fourth-order valence-electron chi connectivity index (χ4n) is 2.43. The summed E-state index contributed by atoms with van der Waals surface area (Å²) < 4.78 is 38.7. The molecular formula is C22H27F3N4O. The summed E-state index contributed by atoms with van der Waals surface area (Å²) in [4.78, 5) is 19.8. The number of aromatic nitrogens is 1. The highest BCUT2D eigenvalue weighted by molar-refractivity contribution is 5.97. The molecule has 162 valence electrons. The van der Waals surface area contributed by atoms with Crippen molar-refractivity contribution < 1.29 is 18.0 Å². The van der Waals surface area contributed by atoms with Gasteiger partial charge < -0.3 is 10.6 Å². The molecular weight excluding hydrogens is 393 g/mol. The van der Waals surface area contributed by atoms with Gasteiger partial charge in [0.15, 0.2) is 0 Å². The van der Waals surface area contributed by atoms with Crippen molar-refractivity contribution in [2.45, 2.75) is 40.8 Å². The second-order valence-electron chi connectivity index (χ2n) is 6.18. The first-order valence-electron chi connectivity index (χ1n) is 9.51. The first-order valence-corrected chi connectivity index (χ1v) is 9.51. The monoisotopic (exact) mass is 420 g/mol. The number of alkyl halides is 3. The van der Waals surface area contributed by atoms with Gasteiger partial charge in [-0.3, -0.25) is 9.78 Å². The number of hydrogen-bond acceptors (Lipinski definition) is 3. The van der Waals surface area contributed by atoms with Gasteiger partial charge in [-0.05, 0) is 49.8 Å². The molecule has 8 heteroatoms. The van der Waals surface area contributed by atoms with Crippen LogP contribution >= 0.6 is 0 Å². The van der Waals surface area contributed by atoms with E-state index >= 15 is 0 Å². The standard InChI is InChI=1S/C20H21F3N4O.C2H6/c1-13(11-25-15(3)28)19(16-6-5-9-24-12-16)27-14(2)26-18-8-4-7-17(10-18)20(21,22)23;1-2/h4-10,12H,11H2,1-3H3,(H,25,28)(H,26,27);1-2H3/b19-13+;. The van der Waals surface area contributed by atoms with Gasteiger partial charge in [0.1, 0.15) is 5.84 Å². The summed E-state index contributed by atoms with van der Waals surface area (Å²) in [6.45, 7) is 9.18. The van der Waals surface area contributed by atoms with Crippen molar-refractivity contribution >= 4 is 23.1 Å². The number of aliphatic imine (C=N–C) groups is 1. The van der Waals surface area contributed by atoms with E-state index in [9.17, 15) is 18.0 Å². The van der Waals surface area contributed by atoms with E-state index in [0.29, 0.717) is 18.1 Å². The van der Waals surface area contributed by atoms with E-state index in [2.05, 4.69) is 20.6 Å². The summed E-state index contributed by atoms with van der Waals surface area (Å²) in [6.07, 6.45) is -1.16. The Balaban J connectivity index is 0.00000218. The molecule has 0 aliphatic rings. The van der Waals surface area contributed by atoms with E-state index in [1.165, 1.54) is 19.1 Å². The lowest BCUT2D eigenvalue weighted by molar-refractivity contribution is -0.137. The van der Waals surface area contributed by atoms with Crippen LogP contribution in [0, 0.1) is 0 Å². The number of rotatable bonds is 5. The fourth-order valence-corrected chi connectivity index (χ4v) is 2.43. The van der Waals surface area contributed by atoms with Gasteiger partial charge in [-0.25, -0.2) is 4.99 Å². The van der Waals surface area contributed by atoms with Crippen LogP contribution in [0.3, 0.4) is 0 Å². The molecule has 0 spiro atoms. The van der Waals surface area contributed by atoms with Crippen LogP contribution in [0.5, 0.6) is 0 Å². The minimum Gasteiger partial charge on any atom is -0.353 e. The Kier molecular flexibility index (Phi) is 9.74. The number of benzene rings is 1. The average molecular weight is 420 g/mol. The van der Waals surface area contributed by atoms with E-state index in [1.807, 2.05) is 26.8 Å². The van der Waals surface area contributed by atoms with Crippen molar-refractivity contribution in [3.63, 3.8) is 0 Å². The maximum absolute atomic E-state index is 12.9. The molecule has 0 aliphatic carbocycles. The molecule has 0 radical (unpaired) electrons. The molecule has 5 nitrogen and oxygen atoms in total. The lowest BCUT2D eigenvalue weighted by atomic mass is 10.1. The van der Waals surface area contributed by atoms with Crippen LogP contribution in [0.2, 0.25) is 0 Å². The summed E-state index contributed by atoms with van der Waals surface area (Å²) in [6, 6.07) is 8.48. The minimum absolute atomic E-state index is 0.173. The molecule has 2 N–H and O–H groups in total. The zero-order valence-electron chi connectivity index (χ0n) is 17.8. The maximum atomic E-state index is 12.9. The number of nitrogens with one attached hydrogen (secondary N) is 2. The third-order valence-corrected chi connectivity index (χ3v) is 3.74. The van der Waals surface area contributed by atoms with E-state index in [1.54, 1.807) is 25.4 Å². The highest BCUT2D eigenvalue weighted by Crippen LogP contribution is 2.30. The van der Waals surface area contributed by atoms with Crippen LogP contribution in [-0.4, -0.2) is 23.3 Å². The van der Waals surface area contributed by atoms with Crippen molar-refractivity contribution in [2.75, 3.05) is 11.9 Å². The predicted molar refractivity (Wildman–Crippen MR) is 115 cm³/mol. The highest BCUT2D eigenvalue weighted by Gasteiger charge is 2.30. The first-order chi connectivity index (χ1) is 14.2. The Labute approximate surface area is 175 Å². The third kappa shape index (κ3) is 8.06. The summed E-state index contributed by atoms with van der Waals surface area (Å²) in [5, 5.41) is 5.59. The number of nitrogens with zero attached hydrogens (tertiary/aromatic N) is 2. The van der Waals surface area contributed by atoms with Crippen molar-refractivity contribution in [3.8, 4) is 0 Å². The number of amides is 1. The van der Waals surface area contributed by atoms with Crippen molar-refractivity contribution in [3.05, 3.63) is 65.5 Å². The van der Waals surface area contributed by atoms with E-state index in [0.717, 1.165) is 23.3 Å². The molecule has 1 aromatic carbocycles. The van der Waals surface area contributed by atoms with E-state index in [-0.39, 0.29) is 11.6 Å². The summed E-state index contributed by atoms with van der Waals surface area (Å²) in [7, 11) is 0. The van der Waals surface area contributed by atoms with Crippen LogP contribution in [-0.2, 0) is 11.0 Å². The van der Waals surface area contributed by atoms with Crippen LogP contribution < -0.4 is 10.6 Å². The third-order valence-electron chi connectivity index (χ3n) is 3.74. The Morgan fingerprint density at radius 1 is 1.10 bits per heavy atom. The lowest BCUT2D eigenvalue weighted by Crippen LogP contribution is -2.22. The van der Waals surface area contributed by atoms with Crippen molar-refractivity contribution in [2.24, 2.45) is 4.99 Å². The zero-order valence-corrected chi connectivity index (χ0v) is 17.8. The molecule has 0 fully saturated rings. The van der Waals surface area contributed by atoms with Gasteiger partial charge in [-0.1, -0.05) is 19.9 Å². The van der Waals surface area contributed by atoms with Crippen LogP contribution in [0.4, 0.5) is 18.9 Å². The normalized spacial score (nSPS) is 12.3. The van der Waals surface area contributed by atoms with Crippen LogP contribution in [0.25, 0.3) is 5.70 Å². The minimum atomic E-state index is -4.42. The molecule has 1 aromatic heterocycles. The Morgan fingerprint density at radius 2 is 1.80 bits per heavy atom. The summed E-state index contributed by atoms with van der Waals surface area (Å²) in [5.41, 5.74) is 1.64. The zero-order chi connectivity index (χ0) is 22.7. The van der Waals surface area contributed by atoms with Gasteiger partial charge in [0.05, 0.1) is 11.3 Å². The highest BCUT2D eigenvalue weighted by atomic mass is 19.4. The molecule has 1 amide bonds. The quantitative estimate of drug-likeness (QED) is 0.494. The predicted octanol–water partition coefficient (Wildman–Crippen LogP) is 5.52. The SMILES string of the molecule is CC.CC(=O)NC/C(C)=C(/N=C(C)Nc1cccc(C(F)(F)F)c1)c1cccnc1. The maximum Gasteiger partial charge on any atom is 0.416 e. The van der Waals surface area contributed by atoms with Gasteiger partial charge in [0, 0.05) is 37.1 Å². The molecule has 0 atom stereocenters. The van der Waals surface area contributed by atoms with Gasteiger partial charge in [0.25, 0.3) is 0 Å². The van der Waals surface area contributed by atoms with E-state index in [4.69, 9.17) is 0 Å². The van der Waals surface area contributed by atoms with Crippen molar-refractivity contribution in [1.82, 2.24) is 10.3 Å². The van der Waals surface area contributed by atoms with Gasteiger partial charge in [-0.15, -0.1) is 0 Å². The van der Waals surface area contributed by atoms with Crippen LogP contribution in [0.15, 0.2) is 59.4 Å². The second-order valence-corrected chi connectivity index (χ2v) is 6.18. The average Bonchev–Trinajstić information content (AvgIpc) is 2.72. The number of amidine groups is 1.